The first kappa shape index (κ1) is 21.1. The molecule has 32 heavy (non-hydrogen) atoms. The molecular weight excluding hydrogens is 422 g/mol. The third-order valence-corrected chi connectivity index (χ3v) is 5.43. The highest BCUT2D eigenvalue weighted by Gasteiger charge is 2.25. The number of aryl methyl sites for hydroxylation is 1. The lowest BCUT2D eigenvalue weighted by molar-refractivity contribution is -0.575. The number of hydrogen-bond acceptors (Lipinski definition) is 4. The van der Waals surface area contributed by atoms with Crippen LogP contribution < -0.4 is 9.88 Å². The van der Waals surface area contributed by atoms with Gasteiger partial charge in [0.15, 0.2) is 23.1 Å². The minimum Gasteiger partial charge on any atom is -0.502 e. The van der Waals surface area contributed by atoms with Crippen molar-refractivity contribution in [2.75, 3.05) is 5.32 Å². The fourth-order valence-corrected chi connectivity index (χ4v) is 3.81. The van der Waals surface area contributed by atoms with Crippen LogP contribution in [0.4, 0.5) is 11.4 Å². The second-order valence-electron chi connectivity index (χ2n) is 7.22. The van der Waals surface area contributed by atoms with E-state index in [-0.39, 0.29) is 16.4 Å². The SMILES string of the molecule is Cc1ccc(/C(O)=C(/C(=S)Nc2cccc3ccccc23)[n+]2ccccc2)cc1[N+](=O)[O-]. The Morgan fingerprint density at radius 3 is 2.47 bits per heavy atom. The molecule has 0 saturated carbocycles. The molecule has 1 heterocycles. The lowest BCUT2D eigenvalue weighted by atomic mass is 10.1. The number of hydrogen-bond donors (Lipinski definition) is 2. The van der Waals surface area contributed by atoms with Crippen molar-refractivity contribution < 1.29 is 14.6 Å². The van der Waals surface area contributed by atoms with Crippen molar-refractivity contribution in [3.63, 3.8) is 0 Å². The monoisotopic (exact) mass is 442 g/mol. The van der Waals surface area contributed by atoms with Crippen molar-refractivity contribution in [2.45, 2.75) is 6.92 Å². The molecule has 1 aromatic heterocycles. The van der Waals surface area contributed by atoms with Gasteiger partial charge in [-0.25, -0.2) is 0 Å². The Morgan fingerprint density at radius 1 is 1.00 bits per heavy atom. The Kier molecular flexibility index (Phi) is 5.91. The summed E-state index contributed by atoms with van der Waals surface area (Å²) < 4.78 is 1.68. The minimum absolute atomic E-state index is 0.0700. The van der Waals surface area contributed by atoms with Gasteiger partial charge in [0.05, 0.1) is 4.92 Å². The van der Waals surface area contributed by atoms with Crippen molar-refractivity contribution in [3.8, 4) is 0 Å². The summed E-state index contributed by atoms with van der Waals surface area (Å²) in [5.41, 5.74) is 1.85. The average molecular weight is 443 g/mol. The lowest BCUT2D eigenvalue weighted by Gasteiger charge is -2.12. The van der Waals surface area contributed by atoms with Gasteiger partial charge in [0.1, 0.15) is 0 Å². The molecule has 3 aromatic carbocycles. The number of anilines is 1. The first-order valence-corrected chi connectivity index (χ1v) is 10.3. The minimum atomic E-state index is -0.464. The summed E-state index contributed by atoms with van der Waals surface area (Å²) in [5.74, 6) is -0.165. The van der Waals surface area contributed by atoms with E-state index in [2.05, 4.69) is 5.32 Å². The van der Waals surface area contributed by atoms with E-state index in [9.17, 15) is 15.2 Å². The Labute approximate surface area is 190 Å². The zero-order valence-corrected chi connectivity index (χ0v) is 18.0. The largest absolute Gasteiger partial charge is 0.502 e. The van der Waals surface area contributed by atoms with Crippen LogP contribution in [0.15, 0.2) is 91.3 Å². The Morgan fingerprint density at radius 2 is 1.72 bits per heavy atom. The topological polar surface area (TPSA) is 79.3 Å². The number of aliphatic hydroxyl groups excluding tert-OH is 1. The molecule has 158 valence electrons. The number of pyridine rings is 1. The van der Waals surface area contributed by atoms with Gasteiger partial charge in [-0.2, -0.15) is 4.57 Å². The number of benzene rings is 3. The van der Waals surface area contributed by atoms with E-state index in [0.717, 1.165) is 16.5 Å². The first-order valence-electron chi connectivity index (χ1n) is 9.90. The summed E-state index contributed by atoms with van der Waals surface area (Å²) in [5, 5.41) is 27.9. The van der Waals surface area contributed by atoms with Gasteiger partial charge in [-0.15, -0.1) is 0 Å². The van der Waals surface area contributed by atoms with Crippen molar-refractivity contribution in [1.82, 2.24) is 0 Å². The molecule has 0 aliphatic heterocycles. The van der Waals surface area contributed by atoms with Crippen LogP contribution in [-0.4, -0.2) is 15.0 Å². The van der Waals surface area contributed by atoms with E-state index in [4.69, 9.17) is 12.2 Å². The summed E-state index contributed by atoms with van der Waals surface area (Å²) in [7, 11) is 0. The van der Waals surface area contributed by atoms with Gasteiger partial charge in [0.2, 0.25) is 0 Å². The molecular formula is C25H20N3O3S+. The van der Waals surface area contributed by atoms with Crippen LogP contribution in [0.2, 0.25) is 0 Å². The van der Waals surface area contributed by atoms with E-state index in [1.54, 1.807) is 36.0 Å². The number of aromatic nitrogens is 1. The molecule has 0 radical (unpaired) electrons. The number of nitro benzene ring substituents is 1. The van der Waals surface area contributed by atoms with Gasteiger partial charge in [-0.1, -0.05) is 66.8 Å². The van der Waals surface area contributed by atoms with Crippen LogP contribution in [0.1, 0.15) is 11.1 Å². The quantitative estimate of drug-likeness (QED) is 0.104. The summed E-state index contributed by atoms with van der Waals surface area (Å²) in [4.78, 5) is 11.2. The highest BCUT2D eigenvalue weighted by Crippen LogP contribution is 2.27. The van der Waals surface area contributed by atoms with Crippen LogP contribution in [-0.2, 0) is 0 Å². The zero-order chi connectivity index (χ0) is 22.7. The second-order valence-corrected chi connectivity index (χ2v) is 7.63. The third-order valence-electron chi connectivity index (χ3n) is 5.13. The summed E-state index contributed by atoms with van der Waals surface area (Å²) in [6.07, 6.45) is 3.51. The first-order chi connectivity index (χ1) is 15.5. The number of fused-ring (bicyclic) bond motifs is 1. The van der Waals surface area contributed by atoms with E-state index in [0.29, 0.717) is 16.8 Å². The summed E-state index contributed by atoms with van der Waals surface area (Å²) >= 11 is 5.71. The fraction of sp³-hybridized carbons (Fsp3) is 0.0400. The lowest BCUT2D eigenvalue weighted by Crippen LogP contribution is -2.38. The number of nitrogens with one attached hydrogen (secondary N) is 1. The van der Waals surface area contributed by atoms with Crippen molar-refractivity contribution in [2.24, 2.45) is 0 Å². The van der Waals surface area contributed by atoms with E-state index in [1.165, 1.54) is 6.07 Å². The number of nitro groups is 1. The van der Waals surface area contributed by atoms with Gasteiger partial charge in [-0.05, 0) is 18.4 Å². The molecule has 4 rings (SSSR count). The zero-order valence-electron chi connectivity index (χ0n) is 17.2. The highest BCUT2D eigenvalue weighted by molar-refractivity contribution is 7.81. The number of rotatable bonds is 5. The van der Waals surface area contributed by atoms with Crippen LogP contribution >= 0.6 is 12.2 Å². The number of aliphatic hydroxyl groups is 1. The van der Waals surface area contributed by atoms with Gasteiger partial charge >= 0.3 is 0 Å². The van der Waals surface area contributed by atoms with Crippen LogP contribution in [0.3, 0.4) is 0 Å². The molecule has 7 heteroatoms. The fourth-order valence-electron chi connectivity index (χ4n) is 3.50. The Bertz CT molecular complexity index is 1360. The third kappa shape index (κ3) is 4.19. The number of thiocarbonyl (C=S) groups is 1. The number of nitrogens with zero attached hydrogens (tertiary/aromatic N) is 2. The summed E-state index contributed by atoms with van der Waals surface area (Å²) in [6.45, 7) is 1.65. The van der Waals surface area contributed by atoms with Gasteiger partial charge in [0.25, 0.3) is 11.4 Å². The van der Waals surface area contributed by atoms with Gasteiger partial charge in [0, 0.05) is 40.4 Å². The summed E-state index contributed by atoms with van der Waals surface area (Å²) in [6, 6.07) is 23.8. The van der Waals surface area contributed by atoms with Crippen molar-refractivity contribution in [1.29, 1.82) is 0 Å². The van der Waals surface area contributed by atoms with E-state index < -0.39 is 4.92 Å². The molecule has 0 bridgehead atoms. The average Bonchev–Trinajstić information content (AvgIpc) is 2.80. The Balaban J connectivity index is 1.83. The standard InChI is InChI=1S/C25H19N3O3S/c1-17-12-13-19(16-22(17)28(30)31)24(29)23(27-14-5-2-6-15-27)25(32)26-21-11-7-9-18-8-3-4-10-20(18)21/h2-16H,1H3,(H-,26,29,32)/p+1. The van der Waals surface area contributed by atoms with Crippen LogP contribution in [0.25, 0.3) is 22.2 Å². The Hall–Kier alpha value is -4.10. The molecule has 2 N–H and O–H groups in total. The highest BCUT2D eigenvalue weighted by atomic mass is 32.1. The molecule has 6 nitrogen and oxygen atoms in total. The molecule has 0 atom stereocenters. The predicted molar refractivity (Wildman–Crippen MR) is 130 cm³/mol. The van der Waals surface area contributed by atoms with E-state index >= 15 is 0 Å². The molecule has 0 unspecified atom stereocenters. The molecule has 0 spiro atoms. The predicted octanol–water partition coefficient (Wildman–Crippen LogP) is 5.67. The van der Waals surface area contributed by atoms with Crippen LogP contribution in [0.5, 0.6) is 0 Å². The normalized spacial score (nSPS) is 11.7. The van der Waals surface area contributed by atoms with Crippen molar-refractivity contribution in [3.05, 3.63) is 112 Å². The molecule has 0 aliphatic carbocycles. The smallest absolute Gasteiger partial charge is 0.288 e. The van der Waals surface area contributed by atoms with Crippen molar-refractivity contribution >= 4 is 50.8 Å². The second kappa shape index (κ2) is 8.95. The molecule has 0 amide bonds. The molecule has 0 aliphatic rings. The maximum Gasteiger partial charge on any atom is 0.288 e. The van der Waals surface area contributed by atoms with E-state index in [1.807, 2.05) is 60.7 Å². The molecule has 0 fully saturated rings. The van der Waals surface area contributed by atoms with Crippen LogP contribution in [0, 0.1) is 17.0 Å². The van der Waals surface area contributed by atoms with Gasteiger partial charge < -0.3 is 10.4 Å². The maximum atomic E-state index is 11.4. The van der Waals surface area contributed by atoms with Gasteiger partial charge in [-0.3, -0.25) is 10.1 Å². The molecule has 0 saturated heterocycles. The maximum absolute atomic E-state index is 11.4. The molecule has 4 aromatic rings.